The van der Waals surface area contributed by atoms with Gasteiger partial charge in [0.25, 0.3) is 5.91 Å². The van der Waals surface area contributed by atoms with Gasteiger partial charge < -0.3 is 15.0 Å². The summed E-state index contributed by atoms with van der Waals surface area (Å²) in [5, 5.41) is 3.48. The molecule has 0 aliphatic carbocycles. The molecule has 132 valence electrons. The second-order valence-corrected chi connectivity index (χ2v) is 6.47. The number of benzene rings is 2. The molecule has 4 heteroatoms. The molecule has 0 radical (unpaired) electrons. The summed E-state index contributed by atoms with van der Waals surface area (Å²) < 4.78 is 5.65. The van der Waals surface area contributed by atoms with Gasteiger partial charge in [-0.3, -0.25) is 4.79 Å². The Kier molecular flexibility index (Phi) is 6.46. The smallest absolute Gasteiger partial charge is 0.260 e. The van der Waals surface area contributed by atoms with Crippen molar-refractivity contribution in [2.75, 3.05) is 26.2 Å². The Balaban J connectivity index is 1.57. The highest BCUT2D eigenvalue weighted by Crippen LogP contribution is 2.11. The van der Waals surface area contributed by atoms with Crippen molar-refractivity contribution in [2.45, 2.75) is 25.3 Å². The first kappa shape index (κ1) is 17.5. The predicted molar refractivity (Wildman–Crippen MR) is 99.7 cm³/mol. The van der Waals surface area contributed by atoms with Crippen LogP contribution >= 0.6 is 0 Å². The number of nitrogens with zero attached hydrogens (tertiary/aromatic N) is 1. The van der Waals surface area contributed by atoms with Gasteiger partial charge >= 0.3 is 0 Å². The number of carbonyl (C=O) groups is 1. The Morgan fingerprint density at radius 2 is 1.80 bits per heavy atom. The Bertz CT molecular complexity index is 639. The number of nitrogens with one attached hydrogen (secondary N) is 1. The van der Waals surface area contributed by atoms with Gasteiger partial charge in [-0.25, -0.2) is 0 Å². The lowest BCUT2D eigenvalue weighted by Crippen LogP contribution is -2.44. The number of hydrogen-bond donors (Lipinski definition) is 1. The zero-order valence-corrected chi connectivity index (χ0v) is 14.6. The number of para-hydroxylation sites is 1. The van der Waals surface area contributed by atoms with E-state index in [1.165, 1.54) is 12.0 Å². The summed E-state index contributed by atoms with van der Waals surface area (Å²) in [5.74, 6) is 0.784. The van der Waals surface area contributed by atoms with E-state index in [1.807, 2.05) is 53.4 Å². The quantitative estimate of drug-likeness (QED) is 0.805. The van der Waals surface area contributed by atoms with Crippen LogP contribution in [0.2, 0.25) is 0 Å². The second kappa shape index (κ2) is 9.23. The van der Waals surface area contributed by atoms with E-state index in [0.29, 0.717) is 6.04 Å². The van der Waals surface area contributed by atoms with Crippen LogP contribution in [0.1, 0.15) is 18.4 Å². The van der Waals surface area contributed by atoms with Gasteiger partial charge in [0, 0.05) is 19.1 Å². The van der Waals surface area contributed by atoms with Gasteiger partial charge in [0.15, 0.2) is 6.61 Å². The van der Waals surface area contributed by atoms with Crippen molar-refractivity contribution in [1.29, 1.82) is 0 Å². The first-order valence-corrected chi connectivity index (χ1v) is 9.04. The summed E-state index contributed by atoms with van der Waals surface area (Å²) in [6.45, 7) is 2.61. The summed E-state index contributed by atoms with van der Waals surface area (Å²) in [6.07, 6.45) is 3.19. The lowest BCUT2D eigenvalue weighted by molar-refractivity contribution is -0.133. The highest BCUT2D eigenvalue weighted by atomic mass is 16.5. The van der Waals surface area contributed by atoms with Crippen molar-refractivity contribution in [1.82, 2.24) is 10.2 Å². The molecule has 1 heterocycles. The van der Waals surface area contributed by atoms with E-state index in [0.717, 1.165) is 38.2 Å². The SMILES string of the molecule is O=C(COc1ccccc1)N(CCc1ccccc1)C[C@@H]1CCCN1. The summed E-state index contributed by atoms with van der Waals surface area (Å²) in [5.41, 5.74) is 1.25. The van der Waals surface area contributed by atoms with Crippen LogP contribution in [0.25, 0.3) is 0 Å². The second-order valence-electron chi connectivity index (χ2n) is 6.47. The van der Waals surface area contributed by atoms with Crippen LogP contribution in [0, 0.1) is 0 Å². The molecule has 0 saturated carbocycles. The van der Waals surface area contributed by atoms with Crippen molar-refractivity contribution >= 4 is 5.91 Å². The largest absolute Gasteiger partial charge is 0.484 e. The molecular weight excluding hydrogens is 312 g/mol. The van der Waals surface area contributed by atoms with E-state index in [2.05, 4.69) is 17.4 Å². The molecule has 1 aliphatic rings. The molecule has 4 nitrogen and oxygen atoms in total. The molecule has 1 aliphatic heterocycles. The summed E-state index contributed by atoms with van der Waals surface area (Å²) in [7, 11) is 0. The highest BCUT2D eigenvalue weighted by molar-refractivity contribution is 5.77. The molecular formula is C21H26N2O2. The third-order valence-corrected chi connectivity index (χ3v) is 4.57. The summed E-state index contributed by atoms with van der Waals surface area (Å²) in [4.78, 5) is 14.6. The van der Waals surface area contributed by atoms with Gasteiger partial charge in [-0.15, -0.1) is 0 Å². The number of ether oxygens (including phenoxy) is 1. The molecule has 0 unspecified atom stereocenters. The standard InChI is InChI=1S/C21H26N2O2/c24-21(17-25-20-11-5-2-6-12-20)23(16-19-10-7-14-22-19)15-13-18-8-3-1-4-9-18/h1-6,8-9,11-12,19,22H,7,10,13-17H2/t19-/m0/s1. The maximum Gasteiger partial charge on any atom is 0.260 e. The molecule has 3 rings (SSSR count). The van der Waals surface area contributed by atoms with Gasteiger partial charge in [0.05, 0.1) is 0 Å². The van der Waals surface area contributed by atoms with Crippen LogP contribution in [0.15, 0.2) is 60.7 Å². The van der Waals surface area contributed by atoms with Gasteiger partial charge in [-0.1, -0.05) is 48.5 Å². The lowest BCUT2D eigenvalue weighted by atomic mass is 10.1. The van der Waals surface area contributed by atoms with Crippen molar-refractivity contribution in [3.63, 3.8) is 0 Å². The van der Waals surface area contributed by atoms with E-state index >= 15 is 0 Å². The van der Waals surface area contributed by atoms with Crippen LogP contribution in [0.3, 0.4) is 0 Å². The third-order valence-electron chi connectivity index (χ3n) is 4.57. The summed E-state index contributed by atoms with van der Waals surface area (Å²) in [6, 6.07) is 20.2. The monoisotopic (exact) mass is 338 g/mol. The Labute approximate surface area is 149 Å². The van der Waals surface area contributed by atoms with E-state index in [-0.39, 0.29) is 12.5 Å². The van der Waals surface area contributed by atoms with E-state index in [9.17, 15) is 4.79 Å². The molecule has 0 aromatic heterocycles. The van der Waals surface area contributed by atoms with Gasteiger partial charge in [0.2, 0.25) is 0 Å². The van der Waals surface area contributed by atoms with Crippen molar-refractivity contribution in [3.8, 4) is 5.75 Å². The number of hydrogen-bond acceptors (Lipinski definition) is 3. The third kappa shape index (κ3) is 5.61. The minimum atomic E-state index is 0.0495. The van der Waals surface area contributed by atoms with Gasteiger partial charge in [0.1, 0.15) is 5.75 Å². The Hall–Kier alpha value is -2.33. The zero-order chi connectivity index (χ0) is 17.3. The normalized spacial score (nSPS) is 16.6. The minimum absolute atomic E-state index is 0.0495. The molecule has 1 saturated heterocycles. The van der Waals surface area contributed by atoms with Crippen LogP contribution < -0.4 is 10.1 Å². The molecule has 1 N–H and O–H groups in total. The summed E-state index contributed by atoms with van der Waals surface area (Å²) >= 11 is 0. The molecule has 0 spiro atoms. The van der Waals surface area contributed by atoms with Crippen LogP contribution in [0.5, 0.6) is 5.75 Å². The molecule has 1 atom stereocenters. The van der Waals surface area contributed by atoms with Crippen molar-refractivity contribution < 1.29 is 9.53 Å². The minimum Gasteiger partial charge on any atom is -0.484 e. The molecule has 0 bridgehead atoms. The van der Waals surface area contributed by atoms with E-state index < -0.39 is 0 Å². The topological polar surface area (TPSA) is 41.6 Å². The fourth-order valence-corrected chi connectivity index (χ4v) is 3.16. The maximum atomic E-state index is 12.7. The highest BCUT2D eigenvalue weighted by Gasteiger charge is 2.21. The molecule has 1 fully saturated rings. The predicted octanol–water partition coefficient (Wildman–Crippen LogP) is 2.89. The average Bonchev–Trinajstić information content (AvgIpc) is 3.18. The molecule has 25 heavy (non-hydrogen) atoms. The lowest BCUT2D eigenvalue weighted by Gasteiger charge is -2.26. The molecule has 1 amide bonds. The Morgan fingerprint density at radius 3 is 2.48 bits per heavy atom. The van der Waals surface area contributed by atoms with Crippen LogP contribution in [0.4, 0.5) is 0 Å². The number of amides is 1. The van der Waals surface area contributed by atoms with E-state index in [4.69, 9.17) is 4.74 Å². The van der Waals surface area contributed by atoms with Crippen LogP contribution in [-0.2, 0) is 11.2 Å². The fourth-order valence-electron chi connectivity index (χ4n) is 3.16. The fraction of sp³-hybridized carbons (Fsp3) is 0.381. The first-order valence-electron chi connectivity index (χ1n) is 9.04. The Morgan fingerprint density at radius 1 is 1.08 bits per heavy atom. The zero-order valence-electron chi connectivity index (χ0n) is 14.6. The van der Waals surface area contributed by atoms with Crippen molar-refractivity contribution in [2.24, 2.45) is 0 Å². The van der Waals surface area contributed by atoms with Crippen molar-refractivity contribution in [3.05, 3.63) is 66.2 Å². The average molecular weight is 338 g/mol. The first-order chi connectivity index (χ1) is 12.3. The maximum absolute atomic E-state index is 12.7. The van der Waals surface area contributed by atoms with Crippen LogP contribution in [-0.4, -0.2) is 43.1 Å². The number of rotatable bonds is 8. The van der Waals surface area contributed by atoms with E-state index in [1.54, 1.807) is 0 Å². The van der Waals surface area contributed by atoms with Gasteiger partial charge in [-0.05, 0) is 43.5 Å². The van der Waals surface area contributed by atoms with Gasteiger partial charge in [-0.2, -0.15) is 0 Å². The molecule has 2 aromatic rings. The molecule has 2 aromatic carbocycles. The number of carbonyl (C=O) groups excluding carboxylic acids is 1.